The fourth-order valence-corrected chi connectivity index (χ4v) is 4.10. The van der Waals surface area contributed by atoms with E-state index in [9.17, 15) is 4.79 Å². The van der Waals surface area contributed by atoms with Crippen LogP contribution in [0.2, 0.25) is 5.02 Å². The Labute approximate surface area is 167 Å². The van der Waals surface area contributed by atoms with Crippen molar-refractivity contribution in [2.45, 2.75) is 38.3 Å². The van der Waals surface area contributed by atoms with E-state index in [2.05, 4.69) is 31.0 Å². The lowest BCUT2D eigenvalue weighted by atomic mass is 9.87. The molecule has 2 aliphatic heterocycles. The van der Waals surface area contributed by atoms with Gasteiger partial charge in [0.25, 0.3) is 0 Å². The van der Waals surface area contributed by atoms with Crippen LogP contribution in [-0.2, 0) is 14.9 Å². The zero-order valence-electron chi connectivity index (χ0n) is 15.9. The second-order valence-corrected chi connectivity index (χ2v) is 8.31. The van der Waals surface area contributed by atoms with Gasteiger partial charge in [-0.25, -0.2) is 0 Å². The zero-order chi connectivity index (χ0) is 18.2. The lowest BCUT2D eigenvalue weighted by molar-refractivity contribution is -0.121. The van der Waals surface area contributed by atoms with Crippen molar-refractivity contribution in [1.29, 1.82) is 0 Å². The quantitative estimate of drug-likeness (QED) is 0.841. The predicted molar refractivity (Wildman–Crippen MR) is 109 cm³/mol. The van der Waals surface area contributed by atoms with Gasteiger partial charge < -0.3 is 15.0 Å². The number of halogens is 2. The molecule has 1 N–H and O–H groups in total. The van der Waals surface area contributed by atoms with Gasteiger partial charge in [0.2, 0.25) is 5.91 Å². The van der Waals surface area contributed by atoms with Crippen LogP contribution in [0.25, 0.3) is 0 Å². The van der Waals surface area contributed by atoms with E-state index in [4.69, 9.17) is 16.3 Å². The second kappa shape index (κ2) is 8.44. The molecule has 0 saturated carbocycles. The topological polar surface area (TPSA) is 44.8 Å². The standard InChI is InChI=1S/C19H28ClN3O2.ClH/c1-13-9-22(15(8-21-13)11-25-4)10-18(24)23-12-19(2,3)16-6-5-14(20)7-17(16)23;/h5-7,13,15,21H,8-12H2,1-4H3;1H/t13-,15-;/m1./s1. The number of fused-ring (bicyclic) bond motifs is 1. The number of ether oxygens (including phenoxy) is 1. The molecule has 1 aromatic rings. The molecule has 2 atom stereocenters. The van der Waals surface area contributed by atoms with Gasteiger partial charge in [-0.2, -0.15) is 0 Å². The number of nitrogens with one attached hydrogen (secondary N) is 1. The van der Waals surface area contributed by atoms with E-state index in [0.717, 1.165) is 18.8 Å². The van der Waals surface area contributed by atoms with Crippen LogP contribution in [-0.4, -0.2) is 62.8 Å². The molecule has 1 saturated heterocycles. The highest BCUT2D eigenvalue weighted by atomic mass is 35.5. The molecule has 0 aromatic heterocycles. The molecule has 1 amide bonds. The first-order valence-electron chi connectivity index (χ1n) is 8.88. The summed E-state index contributed by atoms with van der Waals surface area (Å²) in [5, 5.41) is 4.13. The number of carbonyl (C=O) groups is 1. The summed E-state index contributed by atoms with van der Waals surface area (Å²) in [4.78, 5) is 17.3. The summed E-state index contributed by atoms with van der Waals surface area (Å²) in [5.41, 5.74) is 2.08. The third kappa shape index (κ3) is 4.34. The number of piperazine rings is 1. The summed E-state index contributed by atoms with van der Waals surface area (Å²) in [6, 6.07) is 6.46. The fraction of sp³-hybridized carbons (Fsp3) is 0.632. The average molecular weight is 402 g/mol. The van der Waals surface area contributed by atoms with Crippen molar-refractivity contribution in [3.63, 3.8) is 0 Å². The third-order valence-corrected chi connectivity index (χ3v) is 5.49. The molecule has 0 unspecified atom stereocenters. The number of hydrogen-bond acceptors (Lipinski definition) is 4. The molecule has 3 rings (SSSR count). The van der Waals surface area contributed by atoms with E-state index in [1.165, 1.54) is 5.56 Å². The summed E-state index contributed by atoms with van der Waals surface area (Å²) in [5.74, 6) is 0.129. The van der Waals surface area contributed by atoms with Gasteiger partial charge in [-0.1, -0.05) is 31.5 Å². The van der Waals surface area contributed by atoms with Gasteiger partial charge in [-0.15, -0.1) is 12.4 Å². The van der Waals surface area contributed by atoms with Crippen LogP contribution in [0.15, 0.2) is 18.2 Å². The van der Waals surface area contributed by atoms with Gasteiger partial charge in [-0.05, 0) is 24.6 Å². The van der Waals surface area contributed by atoms with Crippen LogP contribution in [0, 0.1) is 0 Å². The minimum Gasteiger partial charge on any atom is -0.383 e. The minimum absolute atomic E-state index is 0. The summed E-state index contributed by atoms with van der Waals surface area (Å²) in [7, 11) is 1.71. The molecule has 0 radical (unpaired) electrons. The van der Waals surface area contributed by atoms with E-state index < -0.39 is 0 Å². The number of methoxy groups -OCH3 is 1. The first-order valence-corrected chi connectivity index (χ1v) is 9.26. The van der Waals surface area contributed by atoms with Crippen molar-refractivity contribution >= 4 is 35.6 Å². The number of amides is 1. The van der Waals surface area contributed by atoms with Crippen LogP contribution in [0.4, 0.5) is 5.69 Å². The Morgan fingerprint density at radius 1 is 1.42 bits per heavy atom. The van der Waals surface area contributed by atoms with Crippen molar-refractivity contribution in [3.05, 3.63) is 28.8 Å². The smallest absolute Gasteiger partial charge is 0.241 e. The number of nitrogens with zero attached hydrogens (tertiary/aromatic N) is 2. The van der Waals surface area contributed by atoms with Crippen LogP contribution in [0.5, 0.6) is 0 Å². The largest absolute Gasteiger partial charge is 0.383 e. The van der Waals surface area contributed by atoms with Crippen molar-refractivity contribution in [2.75, 3.05) is 44.8 Å². The van der Waals surface area contributed by atoms with Crippen molar-refractivity contribution in [3.8, 4) is 0 Å². The Hall–Kier alpha value is -0.850. The van der Waals surface area contributed by atoms with E-state index >= 15 is 0 Å². The van der Waals surface area contributed by atoms with Gasteiger partial charge in [0, 0.05) is 55.0 Å². The Balaban J connectivity index is 0.00000243. The minimum atomic E-state index is -0.0573. The summed E-state index contributed by atoms with van der Waals surface area (Å²) in [6.45, 7) is 9.91. The summed E-state index contributed by atoms with van der Waals surface area (Å²) >= 11 is 6.19. The Kier molecular flexibility index (Phi) is 6.97. The lowest BCUT2D eigenvalue weighted by Gasteiger charge is -2.39. The molecule has 1 fully saturated rings. The van der Waals surface area contributed by atoms with Gasteiger partial charge in [0.05, 0.1) is 13.2 Å². The third-order valence-electron chi connectivity index (χ3n) is 5.26. The van der Waals surface area contributed by atoms with Gasteiger partial charge >= 0.3 is 0 Å². The molecule has 7 heteroatoms. The highest BCUT2D eigenvalue weighted by molar-refractivity contribution is 6.31. The molecule has 5 nitrogen and oxygen atoms in total. The molecule has 2 aliphatic rings. The molecule has 0 bridgehead atoms. The van der Waals surface area contributed by atoms with Gasteiger partial charge in [0.15, 0.2) is 0 Å². The first kappa shape index (κ1) is 21.5. The molecular weight excluding hydrogens is 373 g/mol. The molecule has 26 heavy (non-hydrogen) atoms. The van der Waals surface area contributed by atoms with Crippen LogP contribution < -0.4 is 10.2 Å². The average Bonchev–Trinajstić information content (AvgIpc) is 2.81. The lowest BCUT2D eigenvalue weighted by Crippen LogP contribution is -2.59. The maximum absolute atomic E-state index is 13.1. The Morgan fingerprint density at radius 3 is 2.85 bits per heavy atom. The van der Waals surface area contributed by atoms with Crippen molar-refractivity contribution in [1.82, 2.24) is 10.2 Å². The molecule has 1 aromatic carbocycles. The number of carbonyl (C=O) groups excluding carboxylic acids is 1. The predicted octanol–water partition coefficient (Wildman–Crippen LogP) is 2.69. The van der Waals surface area contributed by atoms with E-state index in [0.29, 0.717) is 30.8 Å². The maximum Gasteiger partial charge on any atom is 0.241 e. The van der Waals surface area contributed by atoms with Crippen LogP contribution in [0.1, 0.15) is 26.3 Å². The Bertz CT molecular complexity index is 654. The molecule has 2 heterocycles. The molecule has 146 valence electrons. The molecule has 0 spiro atoms. The normalized spacial score (nSPS) is 24.9. The number of hydrogen-bond donors (Lipinski definition) is 1. The van der Waals surface area contributed by atoms with Crippen molar-refractivity contribution in [2.24, 2.45) is 0 Å². The highest BCUT2D eigenvalue weighted by Gasteiger charge is 2.39. The van der Waals surface area contributed by atoms with E-state index in [1.54, 1.807) is 7.11 Å². The highest BCUT2D eigenvalue weighted by Crippen LogP contribution is 2.41. The number of rotatable bonds is 4. The van der Waals surface area contributed by atoms with Gasteiger partial charge in [0.1, 0.15) is 0 Å². The SMILES string of the molecule is COC[C@H]1CN[C@H](C)CN1CC(=O)N1CC(C)(C)c2ccc(Cl)cc21.Cl. The summed E-state index contributed by atoms with van der Waals surface area (Å²) in [6.07, 6.45) is 0. The zero-order valence-corrected chi connectivity index (χ0v) is 17.5. The fourth-order valence-electron chi connectivity index (χ4n) is 3.93. The monoisotopic (exact) mass is 401 g/mol. The number of anilines is 1. The van der Waals surface area contributed by atoms with Crippen LogP contribution in [0.3, 0.4) is 0 Å². The van der Waals surface area contributed by atoms with Gasteiger partial charge in [-0.3, -0.25) is 9.69 Å². The van der Waals surface area contributed by atoms with Crippen LogP contribution >= 0.6 is 24.0 Å². The van der Waals surface area contributed by atoms with E-state index in [1.807, 2.05) is 23.1 Å². The second-order valence-electron chi connectivity index (χ2n) is 7.87. The Morgan fingerprint density at radius 2 is 2.15 bits per heavy atom. The molecular formula is C19H29Cl2N3O2. The summed E-state index contributed by atoms with van der Waals surface area (Å²) < 4.78 is 5.33. The van der Waals surface area contributed by atoms with E-state index in [-0.39, 0.29) is 29.8 Å². The first-order chi connectivity index (χ1) is 11.8. The number of benzene rings is 1. The van der Waals surface area contributed by atoms with Crippen molar-refractivity contribution < 1.29 is 9.53 Å². The maximum atomic E-state index is 13.1. The molecule has 0 aliphatic carbocycles.